The SMILES string of the molecule is COCCNC(=O)C[C@H]1O[C@H](CNS(=O)(=O)c2ccc(Cl)cc2)[C@@H](O)[C@H]1O. The molecular weight excluding hydrogens is 400 g/mol. The Morgan fingerprint density at radius 3 is 2.48 bits per heavy atom. The summed E-state index contributed by atoms with van der Waals surface area (Å²) in [5.41, 5.74) is 0. The zero-order valence-electron chi connectivity index (χ0n) is 14.7. The van der Waals surface area contributed by atoms with Gasteiger partial charge in [0.05, 0.1) is 24.0 Å². The molecule has 1 aromatic carbocycles. The third-order valence-electron chi connectivity index (χ3n) is 4.07. The Kier molecular flexibility index (Phi) is 7.98. The van der Waals surface area contributed by atoms with Gasteiger partial charge >= 0.3 is 0 Å². The van der Waals surface area contributed by atoms with E-state index in [2.05, 4.69) is 10.0 Å². The second kappa shape index (κ2) is 9.78. The molecule has 1 amide bonds. The van der Waals surface area contributed by atoms with Crippen LogP contribution < -0.4 is 10.0 Å². The Balaban J connectivity index is 1.89. The van der Waals surface area contributed by atoms with Crippen LogP contribution >= 0.6 is 11.6 Å². The number of methoxy groups -OCH3 is 1. The van der Waals surface area contributed by atoms with Crippen molar-refractivity contribution in [1.29, 1.82) is 0 Å². The minimum atomic E-state index is -3.84. The van der Waals surface area contributed by atoms with Crippen molar-refractivity contribution in [3.05, 3.63) is 29.3 Å². The van der Waals surface area contributed by atoms with E-state index in [4.69, 9.17) is 21.1 Å². The molecule has 1 aliphatic rings. The van der Waals surface area contributed by atoms with Gasteiger partial charge in [0.2, 0.25) is 15.9 Å². The molecule has 4 N–H and O–H groups in total. The predicted molar refractivity (Wildman–Crippen MR) is 96.8 cm³/mol. The Morgan fingerprint density at radius 1 is 1.22 bits per heavy atom. The van der Waals surface area contributed by atoms with Crippen LogP contribution in [0.15, 0.2) is 29.2 Å². The number of carbonyl (C=O) groups is 1. The van der Waals surface area contributed by atoms with Gasteiger partial charge in [0.15, 0.2) is 0 Å². The standard InChI is InChI=1S/C16H23ClN2O7S/c1-25-7-6-18-14(20)8-12-15(21)16(22)13(26-12)9-19-27(23,24)11-4-2-10(17)3-5-11/h2-5,12-13,15-16,19,21-22H,6-9H2,1H3,(H,18,20)/t12-,13-,15+,16-/m1/s1. The maximum atomic E-state index is 12.3. The molecule has 11 heteroatoms. The molecule has 1 heterocycles. The van der Waals surface area contributed by atoms with Gasteiger partial charge in [-0.25, -0.2) is 13.1 Å². The first-order valence-corrected chi connectivity index (χ1v) is 10.1. The fourth-order valence-corrected chi connectivity index (χ4v) is 3.77. The molecule has 0 aliphatic carbocycles. The second-order valence-electron chi connectivity index (χ2n) is 6.05. The van der Waals surface area contributed by atoms with Crippen LogP contribution in [0.2, 0.25) is 5.02 Å². The molecule has 0 aromatic heterocycles. The van der Waals surface area contributed by atoms with Gasteiger partial charge in [0, 0.05) is 25.2 Å². The van der Waals surface area contributed by atoms with Crippen LogP contribution in [-0.2, 0) is 24.3 Å². The van der Waals surface area contributed by atoms with Gasteiger partial charge in [-0.1, -0.05) is 11.6 Å². The maximum Gasteiger partial charge on any atom is 0.240 e. The van der Waals surface area contributed by atoms with E-state index in [0.29, 0.717) is 18.2 Å². The summed E-state index contributed by atoms with van der Waals surface area (Å²) in [6, 6.07) is 5.58. The molecular formula is C16H23ClN2O7S. The smallest absolute Gasteiger partial charge is 0.240 e. The van der Waals surface area contributed by atoms with Gasteiger partial charge < -0.3 is 25.0 Å². The van der Waals surface area contributed by atoms with E-state index in [-0.39, 0.29) is 23.8 Å². The highest BCUT2D eigenvalue weighted by molar-refractivity contribution is 7.89. The zero-order valence-corrected chi connectivity index (χ0v) is 16.2. The third kappa shape index (κ3) is 6.11. The fourth-order valence-electron chi connectivity index (χ4n) is 2.60. The highest BCUT2D eigenvalue weighted by Gasteiger charge is 2.43. The summed E-state index contributed by atoms with van der Waals surface area (Å²) in [7, 11) is -2.33. The number of nitrogens with one attached hydrogen (secondary N) is 2. The highest BCUT2D eigenvalue weighted by Crippen LogP contribution is 2.24. The summed E-state index contributed by atoms with van der Waals surface area (Å²) < 4.78 is 37.1. The maximum absolute atomic E-state index is 12.3. The van der Waals surface area contributed by atoms with Crippen LogP contribution in [0.5, 0.6) is 0 Å². The number of aliphatic hydroxyl groups is 2. The Morgan fingerprint density at radius 2 is 1.85 bits per heavy atom. The number of hydrogen-bond acceptors (Lipinski definition) is 7. The molecule has 0 unspecified atom stereocenters. The number of benzene rings is 1. The largest absolute Gasteiger partial charge is 0.388 e. The van der Waals surface area contributed by atoms with Gasteiger partial charge in [0.25, 0.3) is 0 Å². The topological polar surface area (TPSA) is 134 Å². The molecule has 1 aliphatic heterocycles. The molecule has 1 saturated heterocycles. The molecule has 1 fully saturated rings. The predicted octanol–water partition coefficient (Wildman–Crippen LogP) is -0.740. The first kappa shape index (κ1) is 22.0. The quantitative estimate of drug-likeness (QED) is 0.385. The molecule has 0 spiro atoms. The van der Waals surface area contributed by atoms with Gasteiger partial charge in [-0.05, 0) is 24.3 Å². The summed E-state index contributed by atoms with van der Waals surface area (Å²) in [6.07, 6.45) is -4.72. The van der Waals surface area contributed by atoms with Crippen molar-refractivity contribution >= 4 is 27.5 Å². The number of rotatable bonds is 9. The fraction of sp³-hybridized carbons (Fsp3) is 0.562. The summed E-state index contributed by atoms with van der Waals surface area (Å²) >= 11 is 5.74. The molecule has 9 nitrogen and oxygen atoms in total. The molecule has 4 atom stereocenters. The van der Waals surface area contributed by atoms with Crippen molar-refractivity contribution in [2.75, 3.05) is 26.8 Å². The van der Waals surface area contributed by atoms with Crippen molar-refractivity contribution in [2.24, 2.45) is 0 Å². The third-order valence-corrected chi connectivity index (χ3v) is 5.77. The van der Waals surface area contributed by atoms with E-state index in [1.54, 1.807) is 0 Å². The average molecular weight is 423 g/mol. The van der Waals surface area contributed by atoms with Crippen LogP contribution in [0, 0.1) is 0 Å². The Bertz CT molecular complexity index is 729. The first-order chi connectivity index (χ1) is 12.7. The number of carbonyl (C=O) groups excluding carboxylic acids is 1. The number of halogens is 1. The van der Waals surface area contributed by atoms with Gasteiger partial charge in [0.1, 0.15) is 18.3 Å². The van der Waals surface area contributed by atoms with E-state index < -0.39 is 34.4 Å². The van der Waals surface area contributed by atoms with E-state index in [1.807, 2.05) is 0 Å². The zero-order chi connectivity index (χ0) is 20.0. The number of aliphatic hydroxyl groups excluding tert-OH is 2. The molecule has 0 saturated carbocycles. The van der Waals surface area contributed by atoms with E-state index in [1.165, 1.54) is 31.4 Å². The van der Waals surface area contributed by atoms with Gasteiger partial charge in [-0.2, -0.15) is 0 Å². The van der Waals surface area contributed by atoms with Crippen molar-refractivity contribution in [2.45, 2.75) is 35.7 Å². The van der Waals surface area contributed by atoms with E-state index >= 15 is 0 Å². The number of hydrogen-bond donors (Lipinski definition) is 4. The summed E-state index contributed by atoms with van der Waals surface area (Å²) in [5.74, 6) is -0.370. The van der Waals surface area contributed by atoms with Crippen LogP contribution in [0.3, 0.4) is 0 Å². The Hall–Kier alpha value is -1.27. The summed E-state index contributed by atoms with van der Waals surface area (Å²) in [4.78, 5) is 11.8. The number of amides is 1. The van der Waals surface area contributed by atoms with Crippen molar-refractivity contribution < 1.29 is 32.9 Å². The van der Waals surface area contributed by atoms with Crippen LogP contribution in [-0.4, -0.2) is 75.8 Å². The molecule has 1 aromatic rings. The lowest BCUT2D eigenvalue weighted by molar-refractivity contribution is -0.125. The lowest BCUT2D eigenvalue weighted by atomic mass is 10.1. The normalized spacial score (nSPS) is 25.5. The Labute approximate surface area is 162 Å². The molecule has 27 heavy (non-hydrogen) atoms. The summed E-state index contributed by atoms with van der Waals surface area (Å²) in [5, 5.41) is 23.1. The summed E-state index contributed by atoms with van der Waals surface area (Å²) in [6.45, 7) is 0.396. The first-order valence-electron chi connectivity index (χ1n) is 8.27. The number of ether oxygens (including phenoxy) is 2. The van der Waals surface area contributed by atoms with Crippen molar-refractivity contribution in [3.63, 3.8) is 0 Å². The monoisotopic (exact) mass is 422 g/mol. The van der Waals surface area contributed by atoms with Crippen molar-refractivity contribution in [3.8, 4) is 0 Å². The van der Waals surface area contributed by atoms with E-state index in [0.717, 1.165) is 0 Å². The lowest BCUT2D eigenvalue weighted by Gasteiger charge is -2.15. The number of sulfonamides is 1. The molecule has 0 bridgehead atoms. The van der Waals surface area contributed by atoms with Crippen molar-refractivity contribution in [1.82, 2.24) is 10.0 Å². The highest BCUT2D eigenvalue weighted by atomic mass is 35.5. The minimum Gasteiger partial charge on any atom is -0.388 e. The van der Waals surface area contributed by atoms with Gasteiger partial charge in [-0.15, -0.1) is 0 Å². The van der Waals surface area contributed by atoms with E-state index in [9.17, 15) is 23.4 Å². The van der Waals surface area contributed by atoms with Crippen LogP contribution in [0.4, 0.5) is 0 Å². The molecule has 0 radical (unpaired) electrons. The second-order valence-corrected chi connectivity index (χ2v) is 8.25. The van der Waals surface area contributed by atoms with Crippen LogP contribution in [0.25, 0.3) is 0 Å². The molecule has 2 rings (SSSR count). The minimum absolute atomic E-state index is 0.00834. The molecule has 152 valence electrons. The average Bonchev–Trinajstić information content (AvgIpc) is 2.88. The van der Waals surface area contributed by atoms with Crippen LogP contribution in [0.1, 0.15) is 6.42 Å². The van der Waals surface area contributed by atoms with Gasteiger partial charge in [-0.3, -0.25) is 4.79 Å². The lowest BCUT2D eigenvalue weighted by Crippen LogP contribution is -2.40.